The molecule has 1 aromatic rings. The number of benzene rings is 1. The van der Waals surface area contributed by atoms with Crippen molar-refractivity contribution in [3.05, 3.63) is 34.6 Å². The van der Waals surface area contributed by atoms with Crippen LogP contribution in [0.1, 0.15) is 44.2 Å². The lowest BCUT2D eigenvalue weighted by molar-refractivity contribution is -0.137. The third kappa shape index (κ3) is 5.17. The number of amides is 1. The molecule has 0 aliphatic heterocycles. The summed E-state index contributed by atoms with van der Waals surface area (Å²) in [7, 11) is 0. The van der Waals surface area contributed by atoms with Gasteiger partial charge in [0.15, 0.2) is 0 Å². The zero-order valence-corrected chi connectivity index (χ0v) is 11.9. The Morgan fingerprint density at radius 3 is 2.70 bits per heavy atom. The molecule has 1 aromatic carbocycles. The summed E-state index contributed by atoms with van der Waals surface area (Å²) in [5, 5.41) is 11.5. The lowest BCUT2D eigenvalue weighted by atomic mass is 10.0. The van der Waals surface area contributed by atoms with Gasteiger partial charge in [0.05, 0.1) is 17.5 Å². The summed E-state index contributed by atoms with van der Waals surface area (Å²) >= 11 is 5.59. The Morgan fingerprint density at radius 1 is 1.45 bits per heavy atom. The second-order valence-corrected chi connectivity index (χ2v) is 4.90. The summed E-state index contributed by atoms with van der Waals surface area (Å²) in [6.07, 6.45) is 1.61. The van der Waals surface area contributed by atoms with Gasteiger partial charge < -0.3 is 10.4 Å². The number of hydrogen-bond donors (Lipinski definition) is 2. The smallest absolute Gasteiger partial charge is 0.305 e. The highest BCUT2D eigenvalue weighted by molar-refractivity contribution is 6.30. The molecule has 1 atom stereocenters. The highest BCUT2D eigenvalue weighted by Crippen LogP contribution is 2.22. The minimum absolute atomic E-state index is 0.0415. The predicted molar refractivity (Wildman–Crippen MR) is 74.1 cm³/mol. The Bertz CT molecular complexity index is 493. The Balaban J connectivity index is 2.85. The number of halogens is 2. The fraction of sp³-hybridized carbons (Fsp3) is 0.429. The Labute approximate surface area is 121 Å². The maximum Gasteiger partial charge on any atom is 0.305 e. The van der Waals surface area contributed by atoms with E-state index in [1.54, 1.807) is 0 Å². The highest BCUT2D eigenvalue weighted by atomic mass is 35.5. The van der Waals surface area contributed by atoms with Gasteiger partial charge in [-0.2, -0.15) is 0 Å². The summed E-state index contributed by atoms with van der Waals surface area (Å²) in [5.41, 5.74) is 0.388. The van der Waals surface area contributed by atoms with Crippen LogP contribution in [0.15, 0.2) is 18.2 Å². The van der Waals surface area contributed by atoms with Gasteiger partial charge in [-0.1, -0.05) is 31.0 Å². The van der Waals surface area contributed by atoms with E-state index in [1.807, 2.05) is 6.92 Å². The van der Waals surface area contributed by atoms with Gasteiger partial charge in [-0.3, -0.25) is 9.59 Å². The summed E-state index contributed by atoms with van der Waals surface area (Å²) in [6.45, 7) is 1.95. The van der Waals surface area contributed by atoms with Crippen LogP contribution in [0.25, 0.3) is 0 Å². The Morgan fingerprint density at radius 2 is 2.15 bits per heavy atom. The van der Waals surface area contributed by atoms with Crippen molar-refractivity contribution >= 4 is 23.5 Å². The van der Waals surface area contributed by atoms with Gasteiger partial charge in [-0.25, -0.2) is 4.39 Å². The molecule has 0 saturated heterocycles. The Hall–Kier alpha value is -1.62. The summed E-state index contributed by atoms with van der Waals surface area (Å²) < 4.78 is 13.4. The number of carbonyl (C=O) groups is 2. The SMILES string of the molecule is CCCCC(=O)NC(CC(=O)O)c1ccc(Cl)c(F)c1. The summed E-state index contributed by atoms with van der Waals surface area (Å²) in [6, 6.07) is 3.25. The molecule has 2 N–H and O–H groups in total. The minimum atomic E-state index is -1.07. The van der Waals surface area contributed by atoms with Crippen LogP contribution in [-0.2, 0) is 9.59 Å². The monoisotopic (exact) mass is 301 g/mol. The Kier molecular flexibility index (Phi) is 6.45. The second kappa shape index (κ2) is 7.85. The van der Waals surface area contributed by atoms with Crippen LogP contribution in [0.3, 0.4) is 0 Å². The first-order valence-corrected chi connectivity index (χ1v) is 6.78. The molecule has 0 aliphatic rings. The average molecular weight is 302 g/mol. The van der Waals surface area contributed by atoms with Crippen LogP contribution in [0, 0.1) is 5.82 Å². The van der Waals surface area contributed by atoms with E-state index < -0.39 is 17.8 Å². The van der Waals surface area contributed by atoms with Crippen molar-refractivity contribution < 1.29 is 19.1 Å². The highest BCUT2D eigenvalue weighted by Gasteiger charge is 2.19. The van der Waals surface area contributed by atoms with Crippen LogP contribution in [0.5, 0.6) is 0 Å². The van der Waals surface area contributed by atoms with Gasteiger partial charge >= 0.3 is 5.97 Å². The molecular formula is C14H17ClFNO3. The molecule has 110 valence electrons. The van der Waals surface area contributed by atoms with Crippen molar-refractivity contribution in [1.29, 1.82) is 0 Å². The first-order chi connectivity index (χ1) is 9.43. The molecule has 0 radical (unpaired) electrons. The van der Waals surface area contributed by atoms with E-state index in [9.17, 15) is 14.0 Å². The van der Waals surface area contributed by atoms with E-state index in [4.69, 9.17) is 16.7 Å². The van der Waals surface area contributed by atoms with Crippen LogP contribution < -0.4 is 5.32 Å². The van der Waals surface area contributed by atoms with Crippen molar-refractivity contribution in [1.82, 2.24) is 5.32 Å². The number of unbranched alkanes of at least 4 members (excludes halogenated alkanes) is 1. The van der Waals surface area contributed by atoms with Crippen LogP contribution in [0.4, 0.5) is 4.39 Å². The van der Waals surface area contributed by atoms with E-state index in [1.165, 1.54) is 12.1 Å². The first kappa shape index (κ1) is 16.4. The zero-order chi connectivity index (χ0) is 15.1. The first-order valence-electron chi connectivity index (χ1n) is 6.40. The molecule has 20 heavy (non-hydrogen) atoms. The maximum atomic E-state index is 13.4. The van der Waals surface area contributed by atoms with E-state index in [-0.39, 0.29) is 17.4 Å². The molecule has 1 amide bonds. The molecule has 0 fully saturated rings. The molecule has 0 saturated carbocycles. The van der Waals surface area contributed by atoms with Gasteiger partial charge in [0, 0.05) is 6.42 Å². The molecular weight excluding hydrogens is 285 g/mol. The number of hydrogen-bond acceptors (Lipinski definition) is 2. The van der Waals surface area contributed by atoms with E-state index in [0.717, 1.165) is 18.9 Å². The largest absolute Gasteiger partial charge is 0.481 e. The molecule has 6 heteroatoms. The number of carbonyl (C=O) groups excluding carboxylic acids is 1. The molecule has 1 rings (SSSR count). The van der Waals surface area contributed by atoms with Crippen molar-refractivity contribution in [2.75, 3.05) is 0 Å². The molecule has 0 aromatic heterocycles. The fourth-order valence-corrected chi connectivity index (χ4v) is 1.88. The predicted octanol–water partition coefficient (Wildman–Crippen LogP) is 3.30. The van der Waals surface area contributed by atoms with Crippen molar-refractivity contribution in [2.45, 2.75) is 38.6 Å². The van der Waals surface area contributed by atoms with Gasteiger partial charge in [0.1, 0.15) is 5.82 Å². The molecule has 0 spiro atoms. The third-order valence-corrected chi connectivity index (χ3v) is 3.12. The van der Waals surface area contributed by atoms with Crippen LogP contribution >= 0.6 is 11.6 Å². The summed E-state index contributed by atoms with van der Waals surface area (Å²) in [5.74, 6) is -1.95. The molecule has 0 bridgehead atoms. The van der Waals surface area contributed by atoms with E-state index in [0.29, 0.717) is 12.0 Å². The number of carboxylic acids is 1. The third-order valence-electron chi connectivity index (χ3n) is 2.82. The van der Waals surface area contributed by atoms with E-state index in [2.05, 4.69) is 5.32 Å². The molecule has 4 nitrogen and oxygen atoms in total. The molecule has 0 aliphatic carbocycles. The fourth-order valence-electron chi connectivity index (χ4n) is 1.76. The van der Waals surface area contributed by atoms with Crippen molar-refractivity contribution in [3.8, 4) is 0 Å². The molecule has 1 unspecified atom stereocenters. The quantitative estimate of drug-likeness (QED) is 0.812. The number of carboxylic acid groups (broad SMARTS) is 1. The lowest BCUT2D eigenvalue weighted by Gasteiger charge is -2.17. The number of nitrogens with one attached hydrogen (secondary N) is 1. The van der Waals surface area contributed by atoms with Gasteiger partial charge in [0.2, 0.25) is 5.91 Å². The number of aliphatic carboxylic acids is 1. The topological polar surface area (TPSA) is 66.4 Å². The molecule has 0 heterocycles. The van der Waals surface area contributed by atoms with Crippen LogP contribution in [-0.4, -0.2) is 17.0 Å². The van der Waals surface area contributed by atoms with Crippen molar-refractivity contribution in [3.63, 3.8) is 0 Å². The standard InChI is InChI=1S/C14H17ClFNO3/c1-2-3-4-13(18)17-12(8-14(19)20)9-5-6-10(15)11(16)7-9/h5-7,12H,2-4,8H2,1H3,(H,17,18)(H,19,20). The maximum absolute atomic E-state index is 13.4. The van der Waals surface area contributed by atoms with Gasteiger partial charge in [-0.05, 0) is 24.1 Å². The van der Waals surface area contributed by atoms with Gasteiger partial charge in [0.25, 0.3) is 0 Å². The summed E-state index contributed by atoms with van der Waals surface area (Å²) in [4.78, 5) is 22.6. The zero-order valence-electron chi connectivity index (χ0n) is 11.2. The normalized spacial score (nSPS) is 11.9. The number of rotatable bonds is 7. The van der Waals surface area contributed by atoms with E-state index >= 15 is 0 Å². The van der Waals surface area contributed by atoms with Crippen molar-refractivity contribution in [2.24, 2.45) is 0 Å². The second-order valence-electron chi connectivity index (χ2n) is 4.50. The van der Waals surface area contributed by atoms with Gasteiger partial charge in [-0.15, -0.1) is 0 Å². The van der Waals surface area contributed by atoms with Crippen LogP contribution in [0.2, 0.25) is 5.02 Å². The minimum Gasteiger partial charge on any atom is -0.481 e. The lowest BCUT2D eigenvalue weighted by Crippen LogP contribution is -2.30. The average Bonchev–Trinajstić information content (AvgIpc) is 2.38.